The third-order valence-electron chi connectivity index (χ3n) is 4.18. The molecule has 0 heterocycles. The van der Waals surface area contributed by atoms with Crippen molar-refractivity contribution in [2.45, 2.75) is 19.2 Å². The van der Waals surface area contributed by atoms with Crippen LogP contribution in [0.2, 0.25) is 0 Å². The molecule has 23 heavy (non-hydrogen) atoms. The summed E-state index contributed by atoms with van der Waals surface area (Å²) in [5.74, 6) is 0. The molecule has 3 aromatic rings. The third kappa shape index (κ3) is 3.72. The lowest BCUT2D eigenvalue weighted by Gasteiger charge is -2.11. The van der Waals surface area contributed by atoms with Crippen LogP contribution in [-0.2, 0) is 12.3 Å². The van der Waals surface area contributed by atoms with Gasteiger partial charge < -0.3 is 0 Å². The minimum absolute atomic E-state index is 0.976. The molecular formula is C21H22P2. The molecule has 0 saturated carbocycles. The summed E-state index contributed by atoms with van der Waals surface area (Å²) >= 11 is 0. The molecule has 2 atom stereocenters. The Kier molecular flexibility index (Phi) is 5.27. The van der Waals surface area contributed by atoms with E-state index in [1.165, 1.54) is 38.9 Å². The van der Waals surface area contributed by atoms with Gasteiger partial charge in [0.25, 0.3) is 0 Å². The monoisotopic (exact) mass is 336 g/mol. The SMILES string of the molecule is Cc1ccc(-c2cccc(-c3ccc(CP)cc3)c2)c(CP)c1. The molecule has 0 amide bonds. The highest BCUT2D eigenvalue weighted by atomic mass is 31.0. The number of aryl methyl sites for hydroxylation is 1. The third-order valence-corrected chi connectivity index (χ3v) is 5.09. The lowest BCUT2D eigenvalue weighted by atomic mass is 9.95. The van der Waals surface area contributed by atoms with Crippen molar-refractivity contribution in [1.82, 2.24) is 0 Å². The van der Waals surface area contributed by atoms with Crippen molar-refractivity contribution in [2.75, 3.05) is 0 Å². The Labute approximate surface area is 143 Å². The highest BCUT2D eigenvalue weighted by Crippen LogP contribution is 2.30. The van der Waals surface area contributed by atoms with Crippen LogP contribution < -0.4 is 0 Å². The van der Waals surface area contributed by atoms with Gasteiger partial charge in [0, 0.05) is 0 Å². The Hall–Kier alpha value is -1.48. The fourth-order valence-corrected chi connectivity index (χ4v) is 3.48. The van der Waals surface area contributed by atoms with E-state index in [9.17, 15) is 0 Å². The largest absolute Gasteiger partial charge is 0.133 e. The molecule has 0 radical (unpaired) electrons. The molecule has 3 aromatic carbocycles. The first-order valence-electron chi connectivity index (χ1n) is 7.90. The molecule has 0 bridgehead atoms. The number of hydrogen-bond donors (Lipinski definition) is 0. The van der Waals surface area contributed by atoms with Crippen molar-refractivity contribution in [3.63, 3.8) is 0 Å². The van der Waals surface area contributed by atoms with E-state index in [0.717, 1.165) is 12.3 Å². The van der Waals surface area contributed by atoms with E-state index >= 15 is 0 Å². The Balaban J connectivity index is 2.02. The normalized spacial score (nSPS) is 10.7. The van der Waals surface area contributed by atoms with E-state index in [-0.39, 0.29) is 0 Å². The lowest BCUT2D eigenvalue weighted by molar-refractivity contribution is 1.35. The lowest BCUT2D eigenvalue weighted by Crippen LogP contribution is -1.88. The van der Waals surface area contributed by atoms with Crippen molar-refractivity contribution in [2.24, 2.45) is 0 Å². The van der Waals surface area contributed by atoms with Gasteiger partial charge in [0.2, 0.25) is 0 Å². The molecule has 3 rings (SSSR count). The van der Waals surface area contributed by atoms with Gasteiger partial charge in [-0.25, -0.2) is 0 Å². The van der Waals surface area contributed by atoms with Crippen LogP contribution in [0.15, 0.2) is 66.7 Å². The average molecular weight is 336 g/mol. The van der Waals surface area contributed by atoms with Crippen LogP contribution in [0.1, 0.15) is 16.7 Å². The fraction of sp³-hybridized carbons (Fsp3) is 0.143. The number of hydrogen-bond acceptors (Lipinski definition) is 0. The van der Waals surface area contributed by atoms with Crippen LogP contribution in [0.5, 0.6) is 0 Å². The van der Waals surface area contributed by atoms with E-state index in [1.807, 2.05) is 0 Å². The number of rotatable bonds is 4. The van der Waals surface area contributed by atoms with Gasteiger partial charge in [0.1, 0.15) is 0 Å². The standard InChI is InChI=1S/C21H22P2/c1-15-5-10-21(20(11-15)14-23)19-4-2-3-18(12-19)17-8-6-16(13-22)7-9-17/h2-12H,13-14,22-23H2,1H3. The Bertz CT molecular complexity index is 804. The Morgan fingerprint density at radius 2 is 1.43 bits per heavy atom. The Morgan fingerprint density at radius 1 is 0.696 bits per heavy atom. The fourth-order valence-electron chi connectivity index (χ4n) is 2.87. The van der Waals surface area contributed by atoms with Gasteiger partial charge in [0.05, 0.1) is 0 Å². The molecule has 0 saturated heterocycles. The summed E-state index contributed by atoms with van der Waals surface area (Å²) in [7, 11) is 5.62. The van der Waals surface area contributed by atoms with E-state index in [0.29, 0.717) is 0 Å². The molecule has 0 N–H and O–H groups in total. The second-order valence-electron chi connectivity index (χ2n) is 5.85. The van der Waals surface area contributed by atoms with E-state index in [2.05, 4.69) is 92.1 Å². The molecule has 0 aliphatic rings. The van der Waals surface area contributed by atoms with E-state index < -0.39 is 0 Å². The summed E-state index contributed by atoms with van der Waals surface area (Å²) in [6.45, 7) is 2.15. The maximum Gasteiger partial charge on any atom is -0.0122 e. The highest BCUT2D eigenvalue weighted by molar-refractivity contribution is 7.15. The predicted octanol–water partition coefficient (Wildman–Crippen LogP) is 6.08. The molecule has 0 aromatic heterocycles. The zero-order valence-electron chi connectivity index (χ0n) is 13.4. The highest BCUT2D eigenvalue weighted by Gasteiger charge is 2.06. The Morgan fingerprint density at radius 3 is 2.13 bits per heavy atom. The first kappa shape index (κ1) is 16.4. The molecule has 0 nitrogen and oxygen atoms in total. The molecular weight excluding hydrogens is 314 g/mol. The van der Waals surface area contributed by atoms with E-state index in [4.69, 9.17) is 0 Å². The summed E-state index contributed by atoms with van der Waals surface area (Å²) in [5, 5.41) is 0. The van der Waals surface area contributed by atoms with Gasteiger partial charge in [-0.2, -0.15) is 0 Å². The van der Waals surface area contributed by atoms with Crippen LogP contribution in [0, 0.1) is 6.92 Å². The summed E-state index contributed by atoms with van der Waals surface area (Å²) in [6.07, 6.45) is 1.98. The average Bonchev–Trinajstić information content (AvgIpc) is 2.61. The molecule has 0 aliphatic carbocycles. The molecule has 2 unspecified atom stereocenters. The van der Waals surface area contributed by atoms with Gasteiger partial charge in [-0.1, -0.05) is 66.2 Å². The van der Waals surface area contributed by atoms with Gasteiger partial charge >= 0.3 is 0 Å². The van der Waals surface area contributed by atoms with Crippen molar-refractivity contribution in [3.05, 3.63) is 83.4 Å². The van der Waals surface area contributed by atoms with Crippen molar-refractivity contribution in [3.8, 4) is 22.3 Å². The van der Waals surface area contributed by atoms with Crippen LogP contribution in [0.3, 0.4) is 0 Å². The smallest absolute Gasteiger partial charge is 0.0122 e. The summed E-state index contributed by atoms with van der Waals surface area (Å²) in [5.41, 5.74) is 9.20. The van der Waals surface area contributed by atoms with Crippen LogP contribution in [0.4, 0.5) is 0 Å². The molecule has 0 aliphatic heterocycles. The maximum absolute atomic E-state index is 2.84. The first-order valence-corrected chi connectivity index (χ1v) is 9.54. The second-order valence-corrected chi connectivity index (χ2v) is 6.66. The quantitative estimate of drug-likeness (QED) is 0.507. The minimum Gasteiger partial charge on any atom is -0.133 e. The van der Waals surface area contributed by atoms with Crippen LogP contribution >= 0.6 is 18.5 Å². The molecule has 116 valence electrons. The summed E-state index contributed by atoms with van der Waals surface area (Å²) in [6, 6.07) is 24.4. The maximum atomic E-state index is 2.84. The molecule has 0 fully saturated rings. The van der Waals surface area contributed by atoms with Gasteiger partial charge in [-0.05, 0) is 58.7 Å². The number of benzene rings is 3. The zero-order chi connectivity index (χ0) is 16.2. The first-order chi connectivity index (χ1) is 11.2. The predicted molar refractivity (Wildman–Crippen MR) is 109 cm³/mol. The second kappa shape index (κ2) is 7.39. The molecule has 0 spiro atoms. The minimum atomic E-state index is 0.976. The zero-order valence-corrected chi connectivity index (χ0v) is 15.7. The summed E-state index contributed by atoms with van der Waals surface area (Å²) < 4.78 is 0. The van der Waals surface area contributed by atoms with Crippen molar-refractivity contribution < 1.29 is 0 Å². The topological polar surface area (TPSA) is 0 Å². The van der Waals surface area contributed by atoms with Gasteiger partial charge in [-0.3, -0.25) is 0 Å². The summed E-state index contributed by atoms with van der Waals surface area (Å²) in [4.78, 5) is 0. The van der Waals surface area contributed by atoms with E-state index in [1.54, 1.807) is 0 Å². The van der Waals surface area contributed by atoms with Crippen molar-refractivity contribution in [1.29, 1.82) is 0 Å². The van der Waals surface area contributed by atoms with Gasteiger partial charge in [-0.15, -0.1) is 18.5 Å². The van der Waals surface area contributed by atoms with Crippen LogP contribution in [0.25, 0.3) is 22.3 Å². The van der Waals surface area contributed by atoms with Gasteiger partial charge in [0.15, 0.2) is 0 Å². The van der Waals surface area contributed by atoms with Crippen molar-refractivity contribution >= 4 is 18.5 Å². The molecule has 2 heteroatoms. The van der Waals surface area contributed by atoms with Crippen LogP contribution in [-0.4, -0.2) is 0 Å².